The fourth-order valence-corrected chi connectivity index (χ4v) is 6.01. The number of rotatable bonds is 5. The van der Waals surface area contributed by atoms with Gasteiger partial charge < -0.3 is 9.32 Å². The van der Waals surface area contributed by atoms with Gasteiger partial charge in [0.1, 0.15) is 11.4 Å². The fourth-order valence-electron chi connectivity index (χ4n) is 4.71. The Labute approximate surface area is 186 Å². The van der Waals surface area contributed by atoms with E-state index in [0.717, 1.165) is 47.9 Å². The molecule has 1 saturated heterocycles. The molecule has 0 saturated carbocycles. The zero-order valence-electron chi connectivity index (χ0n) is 17.6. The average Bonchev–Trinajstić information content (AvgIpc) is 3.39. The Morgan fingerprint density at radius 3 is 2.50 bits per heavy atom. The van der Waals surface area contributed by atoms with Crippen molar-refractivity contribution in [3.63, 3.8) is 0 Å². The van der Waals surface area contributed by atoms with E-state index in [0.29, 0.717) is 25.9 Å². The SMILES string of the molecule is O=C(Cc1coc2cc3c(cc12)CCC3)N1CCC(NS(=O)(=O)c2ccc(F)cc2)CC1. The number of hydrogen-bond acceptors (Lipinski definition) is 4. The summed E-state index contributed by atoms with van der Waals surface area (Å²) in [5.74, 6) is -0.460. The van der Waals surface area contributed by atoms with Crippen molar-refractivity contribution in [2.45, 2.75) is 49.5 Å². The molecule has 5 rings (SSSR count). The Bertz CT molecular complexity index is 1260. The van der Waals surface area contributed by atoms with E-state index in [4.69, 9.17) is 4.42 Å². The first-order valence-corrected chi connectivity index (χ1v) is 12.4. The van der Waals surface area contributed by atoms with Crippen LogP contribution in [0.25, 0.3) is 11.0 Å². The smallest absolute Gasteiger partial charge is 0.240 e. The number of amides is 1. The molecule has 8 heteroatoms. The van der Waals surface area contributed by atoms with Gasteiger partial charge >= 0.3 is 0 Å². The van der Waals surface area contributed by atoms with Crippen LogP contribution in [0.3, 0.4) is 0 Å². The number of hydrogen-bond donors (Lipinski definition) is 1. The monoisotopic (exact) mass is 456 g/mol. The van der Waals surface area contributed by atoms with Crippen molar-refractivity contribution in [2.75, 3.05) is 13.1 Å². The van der Waals surface area contributed by atoms with Crippen LogP contribution in [0.4, 0.5) is 4.39 Å². The molecule has 3 aromatic rings. The molecule has 1 fully saturated rings. The molecule has 2 heterocycles. The molecule has 1 aliphatic carbocycles. The second kappa shape index (κ2) is 8.33. The van der Waals surface area contributed by atoms with Crippen LogP contribution < -0.4 is 4.72 Å². The van der Waals surface area contributed by atoms with E-state index >= 15 is 0 Å². The van der Waals surface area contributed by atoms with Gasteiger partial charge in [0.2, 0.25) is 15.9 Å². The highest BCUT2D eigenvalue weighted by molar-refractivity contribution is 7.89. The summed E-state index contributed by atoms with van der Waals surface area (Å²) < 4.78 is 46.5. The Balaban J connectivity index is 1.20. The fraction of sp³-hybridized carbons (Fsp3) is 0.375. The number of nitrogens with zero attached hydrogens (tertiary/aromatic N) is 1. The van der Waals surface area contributed by atoms with Crippen LogP contribution in [0.5, 0.6) is 0 Å². The van der Waals surface area contributed by atoms with Gasteiger partial charge in [-0.3, -0.25) is 4.79 Å². The molecule has 1 amide bonds. The third kappa shape index (κ3) is 4.17. The Morgan fingerprint density at radius 2 is 1.78 bits per heavy atom. The number of piperidine rings is 1. The highest BCUT2D eigenvalue weighted by Gasteiger charge is 2.27. The largest absolute Gasteiger partial charge is 0.464 e. The number of benzene rings is 2. The molecule has 32 heavy (non-hydrogen) atoms. The van der Waals surface area contributed by atoms with Gasteiger partial charge in [0.15, 0.2) is 0 Å². The summed E-state index contributed by atoms with van der Waals surface area (Å²) in [6, 6.07) is 8.77. The first-order valence-electron chi connectivity index (χ1n) is 11.0. The number of halogens is 1. The normalized spacial score (nSPS) is 17.1. The third-order valence-electron chi connectivity index (χ3n) is 6.50. The first kappa shape index (κ1) is 21.2. The maximum atomic E-state index is 13.1. The standard InChI is InChI=1S/C24H25FN2O4S/c25-19-4-6-21(7-5-19)32(29,30)26-20-8-10-27(11-9-20)24(28)14-18-15-31-23-13-17-3-1-2-16(17)12-22(18)23/h4-7,12-13,15,20,26H,1-3,8-11,14H2. The van der Waals surface area contributed by atoms with Crippen LogP contribution in [0.15, 0.2) is 52.0 Å². The highest BCUT2D eigenvalue weighted by atomic mass is 32.2. The van der Waals surface area contributed by atoms with Gasteiger partial charge in [0, 0.05) is 30.1 Å². The molecule has 0 atom stereocenters. The van der Waals surface area contributed by atoms with Gasteiger partial charge in [-0.05, 0) is 79.6 Å². The maximum absolute atomic E-state index is 13.1. The molecule has 0 radical (unpaired) electrons. The summed E-state index contributed by atoms with van der Waals surface area (Å²) >= 11 is 0. The van der Waals surface area contributed by atoms with E-state index in [2.05, 4.69) is 16.9 Å². The molecule has 2 aliphatic rings. The van der Waals surface area contributed by atoms with Gasteiger partial charge in [-0.15, -0.1) is 0 Å². The molecular weight excluding hydrogens is 431 g/mol. The molecule has 6 nitrogen and oxygen atoms in total. The molecule has 1 aromatic heterocycles. The summed E-state index contributed by atoms with van der Waals surface area (Å²) in [6.07, 6.45) is 6.35. The zero-order valence-corrected chi connectivity index (χ0v) is 18.5. The molecule has 0 spiro atoms. The van der Waals surface area contributed by atoms with Crippen molar-refractivity contribution in [3.05, 3.63) is 65.2 Å². The van der Waals surface area contributed by atoms with Gasteiger partial charge in [-0.2, -0.15) is 0 Å². The molecule has 0 unspecified atom stereocenters. The lowest BCUT2D eigenvalue weighted by molar-refractivity contribution is -0.131. The van der Waals surface area contributed by atoms with E-state index in [1.165, 1.54) is 23.3 Å². The van der Waals surface area contributed by atoms with Crippen LogP contribution in [-0.2, 0) is 34.1 Å². The molecule has 1 aliphatic heterocycles. The van der Waals surface area contributed by atoms with Crippen molar-refractivity contribution in [1.82, 2.24) is 9.62 Å². The number of aryl methyl sites for hydroxylation is 2. The highest BCUT2D eigenvalue weighted by Crippen LogP contribution is 2.31. The third-order valence-corrected chi connectivity index (χ3v) is 8.04. The van der Waals surface area contributed by atoms with Crippen molar-refractivity contribution < 1.29 is 22.0 Å². The lowest BCUT2D eigenvalue weighted by atomic mass is 10.0. The van der Waals surface area contributed by atoms with Crippen LogP contribution in [-0.4, -0.2) is 38.4 Å². The van der Waals surface area contributed by atoms with E-state index < -0.39 is 15.8 Å². The van der Waals surface area contributed by atoms with Gasteiger partial charge in [0.05, 0.1) is 17.6 Å². The van der Waals surface area contributed by atoms with Crippen LogP contribution >= 0.6 is 0 Å². The first-order chi connectivity index (χ1) is 15.4. The Morgan fingerprint density at radius 1 is 1.09 bits per heavy atom. The van der Waals surface area contributed by atoms with Gasteiger partial charge in [-0.25, -0.2) is 17.5 Å². The molecule has 2 aromatic carbocycles. The van der Waals surface area contributed by atoms with E-state index in [1.54, 1.807) is 11.2 Å². The summed E-state index contributed by atoms with van der Waals surface area (Å²) in [5.41, 5.74) is 4.43. The predicted molar refractivity (Wildman–Crippen MR) is 118 cm³/mol. The van der Waals surface area contributed by atoms with Crippen molar-refractivity contribution in [1.29, 1.82) is 0 Å². The topological polar surface area (TPSA) is 79.6 Å². The molecule has 168 valence electrons. The lowest BCUT2D eigenvalue weighted by Gasteiger charge is -2.32. The summed E-state index contributed by atoms with van der Waals surface area (Å²) in [4.78, 5) is 14.7. The minimum atomic E-state index is -3.72. The van der Waals surface area contributed by atoms with Crippen molar-refractivity contribution >= 4 is 26.9 Å². The van der Waals surface area contributed by atoms with E-state index in [-0.39, 0.29) is 23.3 Å². The number of sulfonamides is 1. The Kier molecular flexibility index (Phi) is 5.51. The molecular formula is C24H25FN2O4S. The number of likely N-dealkylation sites (tertiary alicyclic amines) is 1. The van der Waals surface area contributed by atoms with E-state index in [9.17, 15) is 17.6 Å². The predicted octanol–water partition coefficient (Wildman–Crippen LogP) is 3.57. The number of fused-ring (bicyclic) bond motifs is 2. The number of furan rings is 1. The quantitative estimate of drug-likeness (QED) is 0.637. The molecule has 0 bridgehead atoms. The van der Waals surface area contributed by atoms with Gasteiger partial charge in [0.25, 0.3) is 0 Å². The molecule has 1 N–H and O–H groups in total. The van der Waals surface area contributed by atoms with Crippen molar-refractivity contribution in [2.24, 2.45) is 0 Å². The second-order valence-corrected chi connectivity index (χ2v) is 10.4. The minimum Gasteiger partial charge on any atom is -0.464 e. The zero-order chi connectivity index (χ0) is 22.3. The summed E-state index contributed by atoms with van der Waals surface area (Å²) in [5, 5.41) is 1.01. The van der Waals surface area contributed by atoms with Crippen LogP contribution in [0.2, 0.25) is 0 Å². The Hall–Kier alpha value is -2.71. The van der Waals surface area contributed by atoms with Crippen LogP contribution in [0, 0.1) is 5.82 Å². The second-order valence-electron chi connectivity index (χ2n) is 8.64. The number of carbonyl (C=O) groups is 1. The maximum Gasteiger partial charge on any atom is 0.240 e. The lowest BCUT2D eigenvalue weighted by Crippen LogP contribution is -2.46. The van der Waals surface area contributed by atoms with Crippen molar-refractivity contribution in [3.8, 4) is 0 Å². The number of nitrogens with one attached hydrogen (secondary N) is 1. The average molecular weight is 457 g/mol. The summed E-state index contributed by atoms with van der Waals surface area (Å²) in [6.45, 7) is 0.973. The number of carbonyl (C=O) groups excluding carboxylic acids is 1. The minimum absolute atomic E-state index is 0.0213. The van der Waals surface area contributed by atoms with E-state index in [1.807, 2.05) is 0 Å². The van der Waals surface area contributed by atoms with Gasteiger partial charge in [-0.1, -0.05) is 0 Å². The van der Waals surface area contributed by atoms with Crippen LogP contribution in [0.1, 0.15) is 36.0 Å². The summed E-state index contributed by atoms with van der Waals surface area (Å²) in [7, 11) is -3.72.